The average Bonchev–Trinajstić information content (AvgIpc) is 2.55. The molecule has 0 aliphatic heterocycles. The second-order valence-corrected chi connectivity index (χ2v) is 8.77. The van der Waals surface area contributed by atoms with E-state index in [1.165, 1.54) is 19.3 Å². The molecule has 4 heteroatoms. The Hall–Kier alpha value is -1.84. The summed E-state index contributed by atoms with van der Waals surface area (Å²) in [7, 11) is 1.79. The van der Waals surface area contributed by atoms with E-state index in [0.717, 1.165) is 48.3 Å². The molecular formula is C21H28N2O2. The second-order valence-electron chi connectivity index (χ2n) is 8.77. The Morgan fingerprint density at radius 2 is 1.56 bits per heavy atom. The van der Waals surface area contributed by atoms with Crippen LogP contribution in [0.5, 0.6) is 0 Å². The van der Waals surface area contributed by atoms with Gasteiger partial charge in [-0.1, -0.05) is 17.7 Å². The number of nitrogens with one attached hydrogen (secondary N) is 1. The largest absolute Gasteiger partial charge is 0.336 e. The number of carbonyl (C=O) groups is 2. The maximum atomic E-state index is 13.2. The van der Waals surface area contributed by atoms with Crippen LogP contribution >= 0.6 is 0 Å². The number of likely N-dealkylation sites (N-methyl/N-ethyl adjacent to an activating group) is 1. The predicted molar refractivity (Wildman–Crippen MR) is 98.1 cm³/mol. The molecule has 0 radical (unpaired) electrons. The average molecular weight is 340 g/mol. The van der Waals surface area contributed by atoms with Crippen molar-refractivity contribution in [3.63, 3.8) is 0 Å². The summed E-state index contributed by atoms with van der Waals surface area (Å²) in [6.45, 7) is 2.15. The van der Waals surface area contributed by atoms with E-state index in [4.69, 9.17) is 0 Å². The molecule has 4 fully saturated rings. The van der Waals surface area contributed by atoms with Crippen molar-refractivity contribution in [1.82, 2.24) is 4.90 Å². The summed E-state index contributed by atoms with van der Waals surface area (Å²) in [6.07, 6.45) is 7.10. The quantitative estimate of drug-likeness (QED) is 0.910. The van der Waals surface area contributed by atoms with Crippen LogP contribution in [0.4, 0.5) is 5.69 Å². The molecule has 1 N–H and O–H groups in total. The number of rotatable bonds is 4. The van der Waals surface area contributed by atoms with Gasteiger partial charge in [0.1, 0.15) is 0 Å². The highest BCUT2D eigenvalue weighted by molar-refractivity contribution is 5.95. The minimum absolute atomic E-state index is 0.121. The number of hydrogen-bond donors (Lipinski definition) is 1. The number of carbonyl (C=O) groups excluding carboxylic acids is 2. The zero-order valence-electron chi connectivity index (χ0n) is 15.3. The van der Waals surface area contributed by atoms with Crippen LogP contribution in [-0.2, 0) is 9.59 Å². The summed E-state index contributed by atoms with van der Waals surface area (Å²) >= 11 is 0. The normalized spacial score (nSPS) is 32.5. The molecule has 0 heterocycles. The number of hydrogen-bond acceptors (Lipinski definition) is 2. The first-order valence-corrected chi connectivity index (χ1v) is 9.56. The molecule has 4 saturated carbocycles. The molecule has 5 rings (SSSR count). The summed E-state index contributed by atoms with van der Waals surface area (Å²) in [4.78, 5) is 27.2. The van der Waals surface area contributed by atoms with Gasteiger partial charge in [-0.2, -0.15) is 0 Å². The molecular weight excluding hydrogens is 312 g/mol. The summed E-state index contributed by atoms with van der Waals surface area (Å²) in [5.41, 5.74) is 1.77. The van der Waals surface area contributed by atoms with Crippen LogP contribution in [0.3, 0.4) is 0 Å². The number of nitrogens with zero attached hydrogens (tertiary/aromatic N) is 1. The van der Waals surface area contributed by atoms with Crippen molar-refractivity contribution in [2.24, 2.45) is 23.2 Å². The molecule has 2 amide bonds. The van der Waals surface area contributed by atoms with E-state index < -0.39 is 0 Å². The van der Waals surface area contributed by atoms with Crippen LogP contribution in [0.15, 0.2) is 24.3 Å². The molecule has 0 unspecified atom stereocenters. The Kier molecular flexibility index (Phi) is 4.09. The SMILES string of the molecule is Cc1ccc(NC(=O)CN(C)C(=O)C23CC4CC(CC(C4)C2)C3)cc1. The lowest BCUT2D eigenvalue weighted by atomic mass is 9.49. The van der Waals surface area contributed by atoms with Crippen LogP contribution in [0, 0.1) is 30.1 Å². The fourth-order valence-electron chi connectivity index (χ4n) is 5.90. The zero-order valence-corrected chi connectivity index (χ0v) is 15.3. The van der Waals surface area contributed by atoms with Crippen LogP contribution in [0.2, 0.25) is 0 Å². The van der Waals surface area contributed by atoms with Gasteiger partial charge in [0.25, 0.3) is 0 Å². The molecule has 25 heavy (non-hydrogen) atoms. The molecule has 4 aliphatic rings. The van der Waals surface area contributed by atoms with Gasteiger partial charge >= 0.3 is 0 Å². The minimum atomic E-state index is -0.173. The van der Waals surface area contributed by atoms with Crippen LogP contribution in [0.1, 0.15) is 44.1 Å². The van der Waals surface area contributed by atoms with E-state index in [1.807, 2.05) is 31.2 Å². The number of anilines is 1. The van der Waals surface area contributed by atoms with Gasteiger partial charge in [-0.15, -0.1) is 0 Å². The zero-order chi connectivity index (χ0) is 17.6. The van der Waals surface area contributed by atoms with E-state index in [2.05, 4.69) is 5.32 Å². The lowest BCUT2D eigenvalue weighted by Crippen LogP contribution is -2.54. The van der Waals surface area contributed by atoms with Gasteiger partial charge in [0.2, 0.25) is 11.8 Å². The molecule has 0 aromatic heterocycles. The summed E-state index contributed by atoms with van der Waals surface area (Å²) in [5, 5.41) is 2.90. The lowest BCUT2D eigenvalue weighted by molar-refractivity contribution is -0.157. The summed E-state index contributed by atoms with van der Waals surface area (Å²) in [6, 6.07) is 7.74. The van der Waals surface area contributed by atoms with Crippen molar-refractivity contribution in [2.45, 2.75) is 45.4 Å². The fourth-order valence-corrected chi connectivity index (χ4v) is 5.90. The highest BCUT2D eigenvalue weighted by atomic mass is 16.2. The molecule has 0 saturated heterocycles. The van der Waals surface area contributed by atoms with Gasteiger partial charge in [-0.05, 0) is 75.3 Å². The molecule has 4 nitrogen and oxygen atoms in total. The highest BCUT2D eigenvalue weighted by Crippen LogP contribution is 2.60. The number of amides is 2. The maximum absolute atomic E-state index is 13.2. The van der Waals surface area contributed by atoms with Gasteiger partial charge in [-0.25, -0.2) is 0 Å². The third-order valence-corrected chi connectivity index (χ3v) is 6.55. The standard InChI is InChI=1S/C21H28N2O2/c1-14-3-5-18(6-4-14)22-19(24)13-23(2)20(25)21-10-15-7-16(11-21)9-17(8-15)12-21/h3-6,15-17H,7-13H2,1-2H3,(H,22,24). The molecule has 4 aliphatic carbocycles. The highest BCUT2D eigenvalue weighted by Gasteiger charge is 2.55. The van der Waals surface area contributed by atoms with Gasteiger partial charge in [0, 0.05) is 12.7 Å². The third-order valence-electron chi connectivity index (χ3n) is 6.55. The van der Waals surface area contributed by atoms with E-state index in [1.54, 1.807) is 11.9 Å². The first kappa shape index (κ1) is 16.6. The lowest BCUT2D eigenvalue weighted by Gasteiger charge is -2.56. The maximum Gasteiger partial charge on any atom is 0.243 e. The monoisotopic (exact) mass is 340 g/mol. The third kappa shape index (κ3) is 3.19. The van der Waals surface area contributed by atoms with Crippen molar-refractivity contribution in [2.75, 3.05) is 18.9 Å². The summed E-state index contributed by atoms with van der Waals surface area (Å²) in [5.74, 6) is 2.30. The van der Waals surface area contributed by atoms with Crippen molar-refractivity contribution >= 4 is 17.5 Å². The van der Waals surface area contributed by atoms with Crippen LogP contribution < -0.4 is 5.32 Å². The first-order valence-electron chi connectivity index (χ1n) is 9.56. The Morgan fingerprint density at radius 3 is 2.08 bits per heavy atom. The molecule has 4 bridgehead atoms. The van der Waals surface area contributed by atoms with Crippen LogP contribution in [0.25, 0.3) is 0 Å². The number of aryl methyl sites for hydroxylation is 1. The van der Waals surface area contributed by atoms with Crippen LogP contribution in [-0.4, -0.2) is 30.3 Å². The molecule has 0 spiro atoms. The van der Waals surface area contributed by atoms with E-state index in [-0.39, 0.29) is 23.8 Å². The Bertz CT molecular complexity index is 644. The smallest absolute Gasteiger partial charge is 0.243 e. The fraction of sp³-hybridized carbons (Fsp3) is 0.619. The van der Waals surface area contributed by atoms with Gasteiger partial charge in [0.05, 0.1) is 12.0 Å². The molecule has 134 valence electrons. The Labute approximate surface area is 150 Å². The Morgan fingerprint density at radius 1 is 1.04 bits per heavy atom. The second kappa shape index (κ2) is 6.15. The van der Waals surface area contributed by atoms with Gasteiger partial charge in [0.15, 0.2) is 0 Å². The van der Waals surface area contributed by atoms with Crippen molar-refractivity contribution in [3.05, 3.63) is 29.8 Å². The van der Waals surface area contributed by atoms with Crippen molar-refractivity contribution < 1.29 is 9.59 Å². The van der Waals surface area contributed by atoms with E-state index >= 15 is 0 Å². The summed E-state index contributed by atoms with van der Waals surface area (Å²) < 4.78 is 0. The van der Waals surface area contributed by atoms with E-state index in [9.17, 15) is 9.59 Å². The van der Waals surface area contributed by atoms with Crippen molar-refractivity contribution in [3.8, 4) is 0 Å². The predicted octanol–water partition coefficient (Wildman–Crippen LogP) is 3.61. The van der Waals surface area contributed by atoms with Gasteiger partial charge in [-0.3, -0.25) is 9.59 Å². The van der Waals surface area contributed by atoms with Gasteiger partial charge < -0.3 is 10.2 Å². The molecule has 1 aromatic carbocycles. The topological polar surface area (TPSA) is 49.4 Å². The first-order chi connectivity index (χ1) is 11.9. The molecule has 1 aromatic rings. The van der Waals surface area contributed by atoms with Crippen molar-refractivity contribution in [1.29, 1.82) is 0 Å². The molecule has 0 atom stereocenters. The number of benzene rings is 1. The van der Waals surface area contributed by atoms with E-state index in [0.29, 0.717) is 0 Å². The minimum Gasteiger partial charge on any atom is -0.336 e. The Balaban J connectivity index is 1.39.